The minimum Gasteiger partial charge on any atom is -0.295 e. The van der Waals surface area contributed by atoms with Crippen LogP contribution in [0.15, 0.2) is 11.6 Å². The molecule has 86 valence electrons. The summed E-state index contributed by atoms with van der Waals surface area (Å²) in [7, 11) is 0. The number of hydrogen-bond acceptors (Lipinski definition) is 1. The van der Waals surface area contributed by atoms with Gasteiger partial charge >= 0.3 is 0 Å². The smallest absolute Gasteiger partial charge is 0.155 e. The highest BCUT2D eigenvalue weighted by Crippen LogP contribution is 2.28. The topological polar surface area (TPSA) is 17.1 Å². The number of carbonyl (C=O) groups is 1. The molecule has 1 atom stereocenters. The minimum absolute atomic E-state index is 0.327. The van der Waals surface area contributed by atoms with Crippen LogP contribution in [-0.4, -0.2) is 5.78 Å². The normalized spacial score (nSPS) is 19.2. The number of ketones is 1. The third kappa shape index (κ3) is 5.15. The summed E-state index contributed by atoms with van der Waals surface area (Å²) in [6.45, 7) is 9.17. The first-order valence-corrected chi connectivity index (χ1v) is 6.09. The molecule has 1 aliphatic rings. The van der Waals surface area contributed by atoms with Crippen LogP contribution >= 0.6 is 0 Å². The molecule has 0 bridgehead atoms. The van der Waals surface area contributed by atoms with Gasteiger partial charge in [-0.1, -0.05) is 33.3 Å². The van der Waals surface area contributed by atoms with E-state index in [4.69, 9.17) is 0 Å². The van der Waals surface area contributed by atoms with Gasteiger partial charge in [0.2, 0.25) is 0 Å². The molecule has 0 aromatic heterocycles. The quantitative estimate of drug-likeness (QED) is 0.679. The van der Waals surface area contributed by atoms with E-state index in [1.807, 2.05) is 6.08 Å². The Morgan fingerprint density at radius 2 is 2.00 bits per heavy atom. The highest BCUT2D eigenvalue weighted by molar-refractivity contribution is 5.92. The van der Waals surface area contributed by atoms with Crippen LogP contribution in [0.3, 0.4) is 0 Å². The van der Waals surface area contributed by atoms with Gasteiger partial charge in [-0.25, -0.2) is 0 Å². The van der Waals surface area contributed by atoms with Crippen molar-refractivity contribution in [3.63, 3.8) is 0 Å². The van der Waals surface area contributed by atoms with Crippen LogP contribution in [0.1, 0.15) is 59.8 Å². The van der Waals surface area contributed by atoms with E-state index in [1.54, 1.807) is 0 Å². The van der Waals surface area contributed by atoms with E-state index in [1.165, 1.54) is 18.4 Å². The fourth-order valence-corrected chi connectivity index (χ4v) is 2.05. The van der Waals surface area contributed by atoms with Crippen LogP contribution in [0, 0.1) is 11.3 Å². The monoisotopic (exact) mass is 208 g/mol. The van der Waals surface area contributed by atoms with E-state index in [0.29, 0.717) is 11.2 Å². The fourth-order valence-electron chi connectivity index (χ4n) is 2.05. The Bertz CT molecular complexity index is 255. The molecule has 1 heteroatoms. The van der Waals surface area contributed by atoms with Gasteiger partial charge in [-0.15, -0.1) is 0 Å². The average Bonchev–Trinajstić information content (AvgIpc) is 2.47. The Hall–Kier alpha value is -0.590. The summed E-state index contributed by atoms with van der Waals surface area (Å²) in [5.74, 6) is 1.05. The first-order chi connectivity index (χ1) is 6.87. The van der Waals surface area contributed by atoms with E-state index in [0.717, 1.165) is 25.2 Å². The Labute approximate surface area is 93.9 Å². The molecule has 15 heavy (non-hydrogen) atoms. The summed E-state index contributed by atoms with van der Waals surface area (Å²) in [5.41, 5.74) is 1.81. The van der Waals surface area contributed by atoms with Gasteiger partial charge in [0.1, 0.15) is 0 Å². The lowest BCUT2D eigenvalue weighted by Crippen LogP contribution is -2.07. The average molecular weight is 208 g/mol. The lowest BCUT2D eigenvalue weighted by Gasteiger charge is -2.21. The van der Waals surface area contributed by atoms with Crippen molar-refractivity contribution in [1.82, 2.24) is 0 Å². The van der Waals surface area contributed by atoms with Crippen LogP contribution in [0.25, 0.3) is 0 Å². The van der Waals surface area contributed by atoms with Crippen LogP contribution in [0.2, 0.25) is 0 Å². The van der Waals surface area contributed by atoms with Gasteiger partial charge in [0, 0.05) is 6.42 Å². The molecule has 1 unspecified atom stereocenters. The molecule has 0 fully saturated rings. The molecule has 0 spiro atoms. The molecule has 1 nitrogen and oxygen atoms in total. The SMILES string of the molecule is CC(CCC(C)(C)C)CC1=CC(=O)CC1. The van der Waals surface area contributed by atoms with Gasteiger partial charge in [-0.05, 0) is 43.1 Å². The lowest BCUT2D eigenvalue weighted by molar-refractivity contribution is -0.114. The van der Waals surface area contributed by atoms with Crippen molar-refractivity contribution >= 4 is 5.78 Å². The second-order valence-corrected chi connectivity index (χ2v) is 6.18. The van der Waals surface area contributed by atoms with E-state index in [-0.39, 0.29) is 0 Å². The molecule has 0 aromatic rings. The van der Waals surface area contributed by atoms with Gasteiger partial charge in [0.25, 0.3) is 0 Å². The van der Waals surface area contributed by atoms with Crippen LogP contribution in [-0.2, 0) is 4.79 Å². The van der Waals surface area contributed by atoms with Crippen molar-refractivity contribution < 1.29 is 4.79 Å². The standard InChI is InChI=1S/C14H24O/c1-11(7-8-14(2,3)4)9-12-5-6-13(15)10-12/h10-11H,5-9H2,1-4H3. The van der Waals surface area contributed by atoms with Crippen LogP contribution in [0.5, 0.6) is 0 Å². The molecule has 0 radical (unpaired) electrons. The Morgan fingerprint density at radius 3 is 2.47 bits per heavy atom. The van der Waals surface area contributed by atoms with Crippen molar-refractivity contribution in [2.24, 2.45) is 11.3 Å². The summed E-state index contributed by atoms with van der Waals surface area (Å²) in [6.07, 6.45) is 7.31. The molecule has 0 saturated carbocycles. The van der Waals surface area contributed by atoms with Gasteiger partial charge in [-0.3, -0.25) is 4.79 Å². The zero-order valence-electron chi connectivity index (χ0n) is 10.6. The van der Waals surface area contributed by atoms with Crippen molar-refractivity contribution in [3.05, 3.63) is 11.6 Å². The number of hydrogen-bond donors (Lipinski definition) is 0. The number of rotatable bonds is 4. The highest BCUT2D eigenvalue weighted by Gasteiger charge is 2.16. The molecule has 0 aromatic carbocycles. The third-order valence-electron chi connectivity index (χ3n) is 3.06. The molecule has 0 N–H and O–H groups in total. The predicted octanol–water partition coefficient (Wildman–Crippen LogP) is 4.13. The highest BCUT2D eigenvalue weighted by atomic mass is 16.1. The first kappa shape index (κ1) is 12.5. The molecular weight excluding hydrogens is 184 g/mol. The van der Waals surface area contributed by atoms with Gasteiger partial charge < -0.3 is 0 Å². The van der Waals surface area contributed by atoms with E-state index in [2.05, 4.69) is 27.7 Å². The summed E-state index contributed by atoms with van der Waals surface area (Å²) in [6, 6.07) is 0. The van der Waals surface area contributed by atoms with Crippen LogP contribution in [0.4, 0.5) is 0 Å². The Kier molecular flexibility index (Phi) is 4.12. The summed E-state index contributed by atoms with van der Waals surface area (Å²) < 4.78 is 0. The Balaban J connectivity index is 2.27. The minimum atomic E-state index is 0.327. The maximum atomic E-state index is 11.1. The van der Waals surface area contributed by atoms with E-state index >= 15 is 0 Å². The van der Waals surface area contributed by atoms with Crippen molar-refractivity contribution in [2.45, 2.75) is 59.8 Å². The Morgan fingerprint density at radius 1 is 1.33 bits per heavy atom. The number of allylic oxidation sites excluding steroid dienone is 2. The zero-order valence-corrected chi connectivity index (χ0v) is 10.6. The van der Waals surface area contributed by atoms with Crippen molar-refractivity contribution in [2.75, 3.05) is 0 Å². The third-order valence-corrected chi connectivity index (χ3v) is 3.06. The van der Waals surface area contributed by atoms with Crippen molar-refractivity contribution in [1.29, 1.82) is 0 Å². The maximum absolute atomic E-state index is 11.1. The fraction of sp³-hybridized carbons (Fsp3) is 0.786. The number of carbonyl (C=O) groups excluding carboxylic acids is 1. The van der Waals surface area contributed by atoms with Gasteiger partial charge in [0.15, 0.2) is 5.78 Å². The van der Waals surface area contributed by atoms with E-state index < -0.39 is 0 Å². The predicted molar refractivity (Wildman–Crippen MR) is 64.8 cm³/mol. The second kappa shape index (κ2) is 4.96. The van der Waals surface area contributed by atoms with E-state index in [9.17, 15) is 4.79 Å². The molecular formula is C14H24O. The zero-order chi connectivity index (χ0) is 11.5. The summed E-state index contributed by atoms with van der Waals surface area (Å²) in [4.78, 5) is 11.1. The first-order valence-electron chi connectivity index (χ1n) is 6.09. The van der Waals surface area contributed by atoms with Gasteiger partial charge in [0.05, 0.1) is 0 Å². The molecule has 1 rings (SSSR count). The van der Waals surface area contributed by atoms with Gasteiger partial charge in [-0.2, -0.15) is 0 Å². The summed E-state index contributed by atoms with van der Waals surface area (Å²) in [5, 5.41) is 0. The second-order valence-electron chi connectivity index (χ2n) is 6.18. The molecule has 0 saturated heterocycles. The molecule has 0 aliphatic heterocycles. The molecule has 0 heterocycles. The molecule has 1 aliphatic carbocycles. The summed E-state index contributed by atoms with van der Waals surface area (Å²) >= 11 is 0. The molecule has 0 amide bonds. The largest absolute Gasteiger partial charge is 0.295 e. The van der Waals surface area contributed by atoms with Crippen molar-refractivity contribution in [3.8, 4) is 0 Å². The lowest BCUT2D eigenvalue weighted by atomic mass is 9.85. The van der Waals surface area contributed by atoms with Crippen LogP contribution < -0.4 is 0 Å². The maximum Gasteiger partial charge on any atom is 0.155 e.